The molecule has 5 N–H and O–H groups in total. The maximum absolute atomic E-state index is 14.1. The number of benzene rings is 6. The van der Waals surface area contributed by atoms with E-state index in [0.29, 0.717) is 85.2 Å². The Bertz CT molecular complexity index is 6220. The number of nitrogens with one attached hydrogen (secondary N) is 4. The molecule has 2 atom stereocenters. The van der Waals surface area contributed by atoms with Gasteiger partial charge in [-0.2, -0.15) is 0 Å². The van der Waals surface area contributed by atoms with Crippen LogP contribution in [0.5, 0.6) is 34.5 Å². The van der Waals surface area contributed by atoms with E-state index in [4.69, 9.17) is 42.1 Å². The largest absolute Gasteiger partial charge is 0.493 e. The second-order valence-electron chi connectivity index (χ2n) is 38.1. The highest BCUT2D eigenvalue weighted by atomic mass is 35.5. The number of pyridine rings is 2. The molecule has 4 aromatic heterocycles. The summed E-state index contributed by atoms with van der Waals surface area (Å²) in [6.07, 6.45) is 23.4. The monoisotopic (exact) mass is 1830 g/mol. The summed E-state index contributed by atoms with van der Waals surface area (Å²) in [5.74, 6) is 0.169. The number of aromatic amines is 2. The molecule has 2 amide bonds. The lowest BCUT2D eigenvalue weighted by atomic mass is 9.72. The summed E-state index contributed by atoms with van der Waals surface area (Å²) >= 11 is 12.5. The van der Waals surface area contributed by atoms with Gasteiger partial charge in [-0.05, 0) is 214 Å². The number of nitrogens with zero attached hydrogens (tertiary/aromatic N) is 8. The maximum Gasteiger partial charge on any atom is 0.277 e. The first-order valence-corrected chi connectivity index (χ1v) is 48.6. The number of H-pyrrole nitrogens is 2. The average Bonchev–Trinajstić information content (AvgIpc) is 0.969. The number of nitro groups is 2. The number of aliphatic hydroxyl groups is 1. The number of carbonyl (C=O) groups excluding carboxylic acids is 2. The third kappa shape index (κ3) is 21.1. The van der Waals surface area contributed by atoms with Crippen molar-refractivity contribution in [2.24, 2.45) is 34.5 Å². The van der Waals surface area contributed by atoms with Crippen molar-refractivity contribution in [2.75, 3.05) is 88.5 Å². The van der Waals surface area contributed by atoms with Crippen molar-refractivity contribution in [1.29, 1.82) is 0 Å². The molecular formula is C98H110Cl2N12O15S2. The van der Waals surface area contributed by atoms with Gasteiger partial charge in [-0.3, -0.25) is 39.6 Å². The van der Waals surface area contributed by atoms with Crippen LogP contribution in [0.1, 0.15) is 180 Å². The highest BCUT2D eigenvalue weighted by Crippen LogP contribution is 2.49. The quantitative estimate of drug-likeness (QED) is 0.0293. The Kier molecular flexibility index (Phi) is 26.2. The van der Waals surface area contributed by atoms with Crippen LogP contribution in [0.25, 0.3) is 33.2 Å². The third-order valence-corrected chi connectivity index (χ3v) is 30.6. The molecule has 4 aliphatic heterocycles. The van der Waals surface area contributed by atoms with Crippen molar-refractivity contribution in [1.82, 2.24) is 39.2 Å². The van der Waals surface area contributed by atoms with E-state index in [0.717, 1.165) is 167 Å². The zero-order chi connectivity index (χ0) is 90.3. The van der Waals surface area contributed by atoms with E-state index in [1.807, 2.05) is 43.3 Å². The maximum atomic E-state index is 14.1. The van der Waals surface area contributed by atoms with Gasteiger partial charge in [-0.1, -0.05) is 118 Å². The van der Waals surface area contributed by atoms with Crippen molar-refractivity contribution in [3.63, 3.8) is 0 Å². The fraction of sp³-hybridized carbons (Fsp3) is 0.429. The first-order valence-electron chi connectivity index (χ1n) is 44.9. The van der Waals surface area contributed by atoms with Gasteiger partial charge in [-0.25, -0.2) is 36.2 Å². The number of allylic oxidation sites excluding steroid dienone is 2. The van der Waals surface area contributed by atoms with Crippen LogP contribution in [0, 0.1) is 54.7 Å². The summed E-state index contributed by atoms with van der Waals surface area (Å²) < 4.78 is 84.9. The number of rotatable bonds is 23. The molecule has 27 nitrogen and oxygen atoms in total. The number of ether oxygens (including phenoxy) is 4. The van der Waals surface area contributed by atoms with Crippen LogP contribution >= 0.6 is 23.2 Å². The second-order valence-corrected chi connectivity index (χ2v) is 42.3. The minimum absolute atomic E-state index is 0.0149. The number of hydrogen-bond donors (Lipinski definition) is 5. The van der Waals surface area contributed by atoms with Crippen LogP contribution < -0.4 is 38.2 Å². The van der Waals surface area contributed by atoms with Gasteiger partial charge in [0, 0.05) is 152 Å². The van der Waals surface area contributed by atoms with Gasteiger partial charge in [0.2, 0.25) is 0 Å². The van der Waals surface area contributed by atoms with Gasteiger partial charge in [0.05, 0.1) is 73.1 Å². The van der Waals surface area contributed by atoms with Crippen LogP contribution in [-0.2, 0) is 32.9 Å². The molecule has 2 saturated heterocycles. The van der Waals surface area contributed by atoms with E-state index in [9.17, 15) is 51.8 Å². The molecule has 4 fully saturated rings. The molecule has 678 valence electrons. The van der Waals surface area contributed by atoms with Crippen molar-refractivity contribution < 1.29 is 60.3 Å². The number of aromatic nitrogens is 4. The summed E-state index contributed by atoms with van der Waals surface area (Å²) in [4.78, 5) is 75.3. The highest BCUT2D eigenvalue weighted by molar-refractivity contribution is 7.90. The Balaban J connectivity index is 0.000000181. The minimum atomic E-state index is -4.64. The Hall–Kier alpha value is -10.9. The van der Waals surface area contributed by atoms with Gasteiger partial charge >= 0.3 is 0 Å². The summed E-state index contributed by atoms with van der Waals surface area (Å²) in [5.41, 5.74) is 10.8. The summed E-state index contributed by atoms with van der Waals surface area (Å²) in [5, 5.41) is 38.3. The first kappa shape index (κ1) is 90.0. The highest BCUT2D eigenvalue weighted by Gasteiger charge is 2.41. The van der Waals surface area contributed by atoms with Gasteiger partial charge < -0.3 is 43.8 Å². The number of piperazine rings is 2. The van der Waals surface area contributed by atoms with Gasteiger partial charge in [0.25, 0.3) is 43.2 Å². The topological polar surface area (TPSA) is 340 Å². The van der Waals surface area contributed by atoms with Gasteiger partial charge in [0.15, 0.2) is 0 Å². The van der Waals surface area contributed by atoms with E-state index in [1.54, 1.807) is 60.9 Å². The predicted octanol–water partition coefficient (Wildman–Crippen LogP) is 19.7. The fourth-order valence-electron chi connectivity index (χ4n) is 20.1. The second kappa shape index (κ2) is 37.5. The standard InChI is InChI=1S/C49H55ClN6O8S.C49H55ClN6O7S/c1-48(2)14-10-34(42(27-48)32-4-6-36(50)7-5-32)29-54-18-20-55(21-19-54)37-8-9-40(45(24-37)64-38-22-33-13-17-51-46(33)52-28-38)47(57)53-65(61,62)39-25-43(56(59)60)41-23-35(30-63-44(41)26-39)31-11-15-49(3,58)16-12-31;1-49(2)16-14-36(43(28-49)34-8-10-37(50)11-9-34)30-54-18-20-55(21-19-54)38-12-13-41(46(25-38)63-39-24-35-15-17-51-47(35)52-29-39)48(57)53-64(60,61)40-26-44(56(58)59)42-23-33(31-62-45(42)27-40)22-32-6-4-3-5-7-32/h4-9,13,17,22,24-26,28,31,35,58H,10-12,14-16,18-21,23,27,29-30H2,1-3H3,(H,51,52)(H,53,57);8-13,15,17,24-27,29,32-33H,3-7,14,16,18-23,28,30-31H2,1-2H3,(H,51,52)(H,53,57)/t31?,35-,49?;33-/m00/s1. The lowest BCUT2D eigenvalue weighted by Gasteiger charge is -2.39. The number of anilines is 2. The van der Waals surface area contributed by atoms with Crippen molar-refractivity contribution in [3.8, 4) is 34.5 Å². The van der Waals surface area contributed by atoms with Crippen molar-refractivity contribution >= 4 is 111 Å². The number of hydrogen-bond acceptors (Lipinski definition) is 21. The number of halogens is 2. The molecule has 10 aromatic rings. The van der Waals surface area contributed by atoms with E-state index in [-0.39, 0.29) is 80.7 Å². The van der Waals surface area contributed by atoms with E-state index >= 15 is 0 Å². The van der Waals surface area contributed by atoms with Crippen LogP contribution in [0.4, 0.5) is 22.7 Å². The Morgan fingerprint density at radius 2 is 0.977 bits per heavy atom. The van der Waals surface area contributed by atoms with Crippen LogP contribution in [0.15, 0.2) is 179 Å². The molecule has 6 aromatic carbocycles. The zero-order valence-electron chi connectivity index (χ0n) is 73.3. The molecule has 4 aliphatic carbocycles. The van der Waals surface area contributed by atoms with E-state index < -0.39 is 57.1 Å². The summed E-state index contributed by atoms with van der Waals surface area (Å²) in [7, 11) is -9.25. The molecule has 31 heteroatoms. The van der Waals surface area contributed by atoms with Gasteiger partial charge in [0.1, 0.15) is 45.8 Å². The third-order valence-electron chi connectivity index (χ3n) is 27.5. The molecule has 2 saturated carbocycles. The normalized spacial score (nSPS) is 21.1. The van der Waals surface area contributed by atoms with Crippen molar-refractivity contribution in [3.05, 3.63) is 233 Å². The van der Waals surface area contributed by atoms with E-state index in [1.165, 1.54) is 77.2 Å². The number of amides is 2. The number of carbonyl (C=O) groups is 2. The van der Waals surface area contributed by atoms with Crippen LogP contribution in [0.2, 0.25) is 10.0 Å². The Labute approximate surface area is 761 Å². The Morgan fingerprint density at radius 1 is 0.535 bits per heavy atom. The summed E-state index contributed by atoms with van der Waals surface area (Å²) in [6.45, 7) is 19.7. The number of sulfonamides is 2. The molecule has 18 rings (SSSR count). The first-order chi connectivity index (χ1) is 61.8. The zero-order valence-corrected chi connectivity index (χ0v) is 76.5. The lowest BCUT2D eigenvalue weighted by Crippen LogP contribution is -2.47. The Morgan fingerprint density at radius 3 is 1.43 bits per heavy atom. The molecule has 8 heterocycles. The summed E-state index contributed by atoms with van der Waals surface area (Å²) in [6, 6.07) is 38.3. The fourth-order valence-corrected chi connectivity index (χ4v) is 22.4. The van der Waals surface area contributed by atoms with Crippen LogP contribution in [-0.4, -0.2) is 158 Å². The lowest BCUT2D eigenvalue weighted by molar-refractivity contribution is -0.386. The minimum Gasteiger partial charge on any atom is -0.493 e. The van der Waals surface area contributed by atoms with E-state index in [2.05, 4.69) is 101 Å². The molecule has 0 bridgehead atoms. The van der Waals surface area contributed by atoms with Crippen LogP contribution in [0.3, 0.4) is 0 Å². The molecule has 0 spiro atoms. The molecule has 0 radical (unpaired) electrons. The molecule has 0 unspecified atom stereocenters. The number of nitro benzene ring substituents is 2. The number of fused-ring (bicyclic) bond motifs is 4. The average molecular weight is 1830 g/mol. The predicted molar refractivity (Wildman–Crippen MR) is 499 cm³/mol. The van der Waals surface area contributed by atoms with Crippen molar-refractivity contribution in [2.45, 2.75) is 166 Å². The molecule has 8 aliphatic rings. The molecule has 129 heavy (non-hydrogen) atoms. The SMILES string of the molecule is CC1(C)CCC(CN2CCN(c3ccc(C(=O)NS(=O)(=O)c4cc5c(c([N+](=O)[O-])c4)C[C@H](C4CCC(C)(O)CC4)CO5)c(Oc4cnc5[nH]ccc5c4)c3)CC2)=C(c2ccc(Cl)cc2)C1.CC1(C)CCC(CN2CCN(c3ccc(C(=O)NS(=O)(=O)c4cc5c(c([N+](=O)[O-])c4)C[C@H](CC4CCCCC4)CO5)c(Oc4cnc5[nH]ccc5c4)c3)CC2)=C(c2ccc(Cl)cc2)C1. The van der Waals surface area contributed by atoms with Gasteiger partial charge in [-0.15, -0.1) is 0 Å². The smallest absolute Gasteiger partial charge is 0.277 e. The molecular weight excluding hydrogens is 1720 g/mol.